The van der Waals surface area contributed by atoms with Crippen LogP contribution in [-0.4, -0.2) is 23.6 Å². The molecular formula is C22H24N3O3S+. The molecule has 7 heteroatoms. The molecule has 0 radical (unpaired) electrons. The van der Waals surface area contributed by atoms with Gasteiger partial charge in [-0.1, -0.05) is 30.3 Å². The van der Waals surface area contributed by atoms with E-state index in [1.807, 2.05) is 46.1 Å². The van der Waals surface area contributed by atoms with Crippen LogP contribution in [0.5, 0.6) is 0 Å². The number of ether oxygens (including phenoxy) is 1. The molecule has 150 valence electrons. The zero-order valence-electron chi connectivity index (χ0n) is 16.4. The third kappa shape index (κ3) is 4.40. The second-order valence-corrected chi connectivity index (χ2v) is 8.30. The van der Waals surface area contributed by atoms with Gasteiger partial charge in [0.1, 0.15) is 23.9 Å². The number of rotatable bonds is 6. The number of amides is 1. The summed E-state index contributed by atoms with van der Waals surface area (Å²) in [6.45, 7) is 0.935. The first-order chi connectivity index (χ1) is 14.1. The van der Waals surface area contributed by atoms with Gasteiger partial charge < -0.3 is 10.1 Å². The molecule has 0 atom stereocenters. The number of hydrogen-bond donors (Lipinski definition) is 1. The molecule has 3 aromatic rings. The van der Waals surface area contributed by atoms with Crippen molar-refractivity contribution in [2.24, 2.45) is 0 Å². The van der Waals surface area contributed by atoms with Crippen molar-refractivity contribution in [1.29, 1.82) is 0 Å². The Morgan fingerprint density at radius 2 is 2.00 bits per heavy atom. The average molecular weight is 411 g/mol. The summed E-state index contributed by atoms with van der Waals surface area (Å²) in [7, 11) is 1.38. The number of aryl methyl sites for hydroxylation is 1. The number of carbonyl (C=O) groups is 2. The highest BCUT2D eigenvalue weighted by atomic mass is 32.1. The highest BCUT2D eigenvalue weighted by Crippen LogP contribution is 2.38. The third-order valence-corrected chi connectivity index (χ3v) is 6.30. The Morgan fingerprint density at radius 3 is 2.79 bits per heavy atom. The lowest BCUT2D eigenvalue weighted by molar-refractivity contribution is -0.687. The fourth-order valence-electron chi connectivity index (χ4n) is 3.72. The molecule has 29 heavy (non-hydrogen) atoms. The summed E-state index contributed by atoms with van der Waals surface area (Å²) in [5.74, 6) is -0.530. The Bertz CT molecular complexity index is 1020. The molecule has 0 unspecified atom stereocenters. The van der Waals surface area contributed by atoms with E-state index in [9.17, 15) is 9.59 Å². The number of aromatic nitrogens is 2. The predicted octanol–water partition coefficient (Wildman–Crippen LogP) is 3.19. The van der Waals surface area contributed by atoms with Gasteiger partial charge in [0.05, 0.1) is 12.7 Å². The molecule has 1 N–H and O–H groups in total. The number of benzene rings is 1. The van der Waals surface area contributed by atoms with Crippen LogP contribution in [0.25, 0.3) is 0 Å². The number of esters is 1. The van der Waals surface area contributed by atoms with Crippen molar-refractivity contribution in [1.82, 2.24) is 4.57 Å². The minimum absolute atomic E-state index is 0.156. The molecule has 0 spiro atoms. The van der Waals surface area contributed by atoms with Gasteiger partial charge in [0.25, 0.3) is 5.91 Å². The lowest BCUT2D eigenvalue weighted by Crippen LogP contribution is -2.32. The SMILES string of the molecule is COC(=O)c1c(NC(=O)Cn2cc[n+](Cc3ccccc3)c2)sc2c1CCCC2. The van der Waals surface area contributed by atoms with Gasteiger partial charge in [0, 0.05) is 4.88 Å². The summed E-state index contributed by atoms with van der Waals surface area (Å²) in [5.41, 5.74) is 2.78. The van der Waals surface area contributed by atoms with E-state index < -0.39 is 0 Å². The summed E-state index contributed by atoms with van der Waals surface area (Å²) in [5, 5.41) is 3.55. The van der Waals surface area contributed by atoms with Gasteiger partial charge in [-0.05, 0) is 36.8 Å². The van der Waals surface area contributed by atoms with Gasteiger partial charge in [-0.2, -0.15) is 0 Å². The minimum atomic E-state index is -0.374. The first-order valence-electron chi connectivity index (χ1n) is 9.75. The number of methoxy groups -OCH3 is 1. The molecule has 1 aliphatic carbocycles. The lowest BCUT2D eigenvalue weighted by atomic mass is 9.95. The molecule has 2 aromatic heterocycles. The Kier molecular flexibility index (Phi) is 5.76. The highest BCUT2D eigenvalue weighted by molar-refractivity contribution is 7.17. The fourth-order valence-corrected chi connectivity index (χ4v) is 5.02. The molecule has 1 aromatic carbocycles. The first kappa shape index (κ1) is 19.4. The topological polar surface area (TPSA) is 64.2 Å². The largest absolute Gasteiger partial charge is 0.465 e. The van der Waals surface area contributed by atoms with E-state index in [-0.39, 0.29) is 18.4 Å². The Hall–Kier alpha value is -2.93. The normalized spacial score (nSPS) is 13.0. The van der Waals surface area contributed by atoms with Crippen LogP contribution in [-0.2, 0) is 35.5 Å². The summed E-state index contributed by atoms with van der Waals surface area (Å²) in [6, 6.07) is 10.2. The van der Waals surface area contributed by atoms with Gasteiger partial charge in [-0.25, -0.2) is 13.9 Å². The maximum absolute atomic E-state index is 12.6. The number of nitrogens with zero attached hydrogens (tertiary/aromatic N) is 2. The quantitative estimate of drug-likeness (QED) is 0.501. The molecule has 0 bridgehead atoms. The van der Waals surface area contributed by atoms with Gasteiger partial charge >= 0.3 is 5.97 Å². The predicted molar refractivity (Wildman–Crippen MR) is 111 cm³/mol. The standard InChI is InChI=1S/C22H23N3O3S/c1-28-22(27)20-17-9-5-6-10-18(17)29-21(20)23-19(26)14-25-12-11-24(15-25)13-16-7-3-2-4-8-16/h2-4,7-8,11-12,15H,5-6,9-10,13-14H2,1H3/p+1. The van der Waals surface area contributed by atoms with E-state index in [1.165, 1.54) is 28.9 Å². The second kappa shape index (κ2) is 8.61. The fraction of sp³-hybridized carbons (Fsp3) is 0.318. The van der Waals surface area contributed by atoms with Crippen LogP contribution >= 0.6 is 11.3 Å². The van der Waals surface area contributed by atoms with Crippen molar-refractivity contribution in [2.75, 3.05) is 12.4 Å². The third-order valence-electron chi connectivity index (χ3n) is 5.09. The van der Waals surface area contributed by atoms with Gasteiger partial charge in [0.15, 0.2) is 6.54 Å². The molecule has 6 nitrogen and oxygen atoms in total. The van der Waals surface area contributed by atoms with Crippen LogP contribution in [0, 0.1) is 0 Å². The number of imidazole rings is 1. The molecule has 4 rings (SSSR count). The maximum Gasteiger partial charge on any atom is 0.341 e. The lowest BCUT2D eigenvalue weighted by Gasteiger charge is -2.11. The zero-order valence-corrected chi connectivity index (χ0v) is 17.2. The van der Waals surface area contributed by atoms with Crippen LogP contribution in [0.2, 0.25) is 0 Å². The van der Waals surface area contributed by atoms with Crippen molar-refractivity contribution in [3.8, 4) is 0 Å². The summed E-state index contributed by atoms with van der Waals surface area (Å²) in [6.07, 6.45) is 9.73. The Morgan fingerprint density at radius 1 is 1.21 bits per heavy atom. The monoisotopic (exact) mass is 410 g/mol. The van der Waals surface area contributed by atoms with Crippen molar-refractivity contribution >= 4 is 28.2 Å². The molecule has 1 amide bonds. The molecular weight excluding hydrogens is 386 g/mol. The van der Waals surface area contributed by atoms with Crippen LogP contribution in [0.1, 0.15) is 39.2 Å². The number of hydrogen-bond acceptors (Lipinski definition) is 4. The zero-order chi connectivity index (χ0) is 20.2. The van der Waals surface area contributed by atoms with Gasteiger partial charge in [-0.15, -0.1) is 11.3 Å². The second-order valence-electron chi connectivity index (χ2n) is 7.20. The van der Waals surface area contributed by atoms with Crippen LogP contribution in [0.4, 0.5) is 5.00 Å². The smallest absolute Gasteiger partial charge is 0.341 e. The maximum atomic E-state index is 12.6. The summed E-state index contributed by atoms with van der Waals surface area (Å²) < 4.78 is 8.84. The Labute approximate surface area is 173 Å². The molecule has 0 fully saturated rings. The number of thiophene rings is 1. The van der Waals surface area contributed by atoms with Crippen LogP contribution in [0.15, 0.2) is 49.1 Å². The van der Waals surface area contributed by atoms with Crippen molar-refractivity contribution in [3.05, 3.63) is 70.6 Å². The van der Waals surface area contributed by atoms with Crippen molar-refractivity contribution in [2.45, 2.75) is 38.8 Å². The van der Waals surface area contributed by atoms with E-state index in [2.05, 4.69) is 17.4 Å². The first-order valence-corrected chi connectivity index (χ1v) is 10.6. The minimum Gasteiger partial charge on any atom is -0.465 e. The van der Waals surface area contributed by atoms with Gasteiger partial charge in [0.2, 0.25) is 6.33 Å². The van der Waals surface area contributed by atoms with Crippen molar-refractivity contribution < 1.29 is 18.9 Å². The van der Waals surface area contributed by atoms with Crippen molar-refractivity contribution in [3.63, 3.8) is 0 Å². The van der Waals surface area contributed by atoms with Crippen LogP contribution < -0.4 is 9.88 Å². The Balaban J connectivity index is 1.45. The number of anilines is 1. The van der Waals surface area contributed by atoms with E-state index in [1.54, 1.807) is 0 Å². The van der Waals surface area contributed by atoms with E-state index in [0.29, 0.717) is 10.6 Å². The van der Waals surface area contributed by atoms with E-state index >= 15 is 0 Å². The number of fused-ring (bicyclic) bond motifs is 1. The molecule has 0 aliphatic heterocycles. The molecule has 0 saturated heterocycles. The summed E-state index contributed by atoms with van der Waals surface area (Å²) in [4.78, 5) is 26.1. The van der Waals surface area contributed by atoms with E-state index in [0.717, 1.165) is 37.8 Å². The number of nitrogens with one attached hydrogen (secondary N) is 1. The summed E-state index contributed by atoms with van der Waals surface area (Å²) >= 11 is 1.50. The van der Waals surface area contributed by atoms with Crippen LogP contribution in [0.3, 0.4) is 0 Å². The molecule has 2 heterocycles. The molecule has 1 aliphatic rings. The number of carbonyl (C=O) groups excluding carboxylic acids is 2. The average Bonchev–Trinajstić information content (AvgIpc) is 3.31. The van der Waals surface area contributed by atoms with E-state index in [4.69, 9.17) is 4.74 Å². The highest BCUT2D eigenvalue weighted by Gasteiger charge is 2.27. The molecule has 0 saturated carbocycles. The van der Waals surface area contributed by atoms with Gasteiger partial charge in [-0.3, -0.25) is 4.79 Å².